The predicted octanol–water partition coefficient (Wildman–Crippen LogP) is 6.61. The molecule has 1 N–H and O–H groups in total. The Kier molecular flexibility index (Phi) is 5.16. The molecule has 136 valence electrons. The molecule has 3 nitrogen and oxygen atoms in total. The van der Waals surface area contributed by atoms with Gasteiger partial charge in [0.05, 0.1) is 5.69 Å². The van der Waals surface area contributed by atoms with Gasteiger partial charge in [0.25, 0.3) is 0 Å². The first-order valence-corrected chi connectivity index (χ1v) is 9.13. The number of phenolic OH excluding ortho intramolecular Hbond substituents is 1. The quantitative estimate of drug-likeness (QED) is 0.404. The van der Waals surface area contributed by atoms with Crippen LogP contribution in [0, 0.1) is 0 Å². The van der Waals surface area contributed by atoms with Gasteiger partial charge in [-0.25, -0.2) is 0 Å². The van der Waals surface area contributed by atoms with E-state index in [9.17, 15) is 5.11 Å². The van der Waals surface area contributed by atoms with Gasteiger partial charge in [-0.2, -0.15) is 0 Å². The van der Waals surface area contributed by atoms with Crippen molar-refractivity contribution in [2.45, 2.75) is 0 Å². The van der Waals surface area contributed by atoms with Crippen LogP contribution in [0.25, 0.3) is 0 Å². The Hall–Kier alpha value is -3.85. The normalized spacial score (nSPS) is 10.9. The van der Waals surface area contributed by atoms with Crippen LogP contribution < -0.4 is 4.90 Å². The van der Waals surface area contributed by atoms with Crippen LogP contribution in [0.4, 0.5) is 22.7 Å². The molecule has 0 amide bonds. The van der Waals surface area contributed by atoms with Crippen molar-refractivity contribution >= 4 is 29.0 Å². The van der Waals surface area contributed by atoms with Crippen LogP contribution in [0.2, 0.25) is 0 Å². The summed E-state index contributed by atoms with van der Waals surface area (Å²) in [5, 5.41) is 9.86. The topological polar surface area (TPSA) is 35.8 Å². The first kappa shape index (κ1) is 17.6. The van der Waals surface area contributed by atoms with Gasteiger partial charge in [-0.05, 0) is 60.7 Å². The Labute approximate surface area is 164 Å². The number of phenols is 1. The molecule has 0 aliphatic heterocycles. The summed E-state index contributed by atoms with van der Waals surface area (Å²) < 4.78 is 0. The molecule has 0 bridgehead atoms. The fourth-order valence-corrected chi connectivity index (χ4v) is 3.03. The lowest BCUT2D eigenvalue weighted by molar-refractivity contribution is 0.474. The molecule has 3 heteroatoms. The molecule has 0 saturated heterocycles. The van der Waals surface area contributed by atoms with E-state index in [2.05, 4.69) is 46.3 Å². The number of benzene rings is 4. The van der Waals surface area contributed by atoms with E-state index < -0.39 is 0 Å². The van der Waals surface area contributed by atoms with E-state index in [1.807, 2.05) is 60.7 Å². The maximum Gasteiger partial charge on any atom is 0.124 e. The second-order valence-corrected chi connectivity index (χ2v) is 6.34. The van der Waals surface area contributed by atoms with Crippen LogP contribution in [0.3, 0.4) is 0 Å². The van der Waals surface area contributed by atoms with Crippen LogP contribution in [-0.2, 0) is 0 Å². The fourth-order valence-electron chi connectivity index (χ4n) is 3.03. The minimum absolute atomic E-state index is 0.224. The predicted molar refractivity (Wildman–Crippen MR) is 116 cm³/mol. The minimum atomic E-state index is 0.224. The summed E-state index contributed by atoms with van der Waals surface area (Å²) in [6, 6.07) is 35.8. The Bertz CT molecular complexity index is 1020. The number of hydrogen-bond donors (Lipinski definition) is 1. The summed E-state index contributed by atoms with van der Waals surface area (Å²) in [4.78, 5) is 6.68. The van der Waals surface area contributed by atoms with Crippen molar-refractivity contribution in [1.29, 1.82) is 0 Å². The molecule has 0 spiro atoms. The zero-order chi connectivity index (χ0) is 19.2. The largest absolute Gasteiger partial charge is 0.507 e. The highest BCUT2D eigenvalue weighted by molar-refractivity contribution is 5.85. The van der Waals surface area contributed by atoms with Gasteiger partial charge >= 0.3 is 0 Å². The summed E-state index contributed by atoms with van der Waals surface area (Å²) in [6.45, 7) is 0. The lowest BCUT2D eigenvalue weighted by Gasteiger charge is -2.25. The third-order valence-corrected chi connectivity index (χ3v) is 4.43. The smallest absolute Gasteiger partial charge is 0.124 e. The van der Waals surface area contributed by atoms with E-state index in [4.69, 9.17) is 0 Å². The van der Waals surface area contributed by atoms with Gasteiger partial charge in [0.1, 0.15) is 5.75 Å². The van der Waals surface area contributed by atoms with Gasteiger partial charge in [-0.1, -0.05) is 48.5 Å². The number of anilines is 3. The zero-order valence-electron chi connectivity index (χ0n) is 15.3. The molecular formula is C25H20N2O. The Morgan fingerprint density at radius 3 is 1.64 bits per heavy atom. The van der Waals surface area contributed by atoms with Crippen molar-refractivity contribution in [3.05, 3.63) is 115 Å². The number of hydrogen-bond acceptors (Lipinski definition) is 3. The molecule has 0 unspecified atom stereocenters. The van der Waals surface area contributed by atoms with Crippen molar-refractivity contribution in [3.63, 3.8) is 0 Å². The van der Waals surface area contributed by atoms with E-state index >= 15 is 0 Å². The third kappa shape index (κ3) is 3.94. The average Bonchev–Trinajstić information content (AvgIpc) is 2.76. The first-order chi connectivity index (χ1) is 13.8. The second kappa shape index (κ2) is 8.23. The first-order valence-electron chi connectivity index (χ1n) is 9.13. The average molecular weight is 364 g/mol. The lowest BCUT2D eigenvalue weighted by Crippen LogP contribution is -2.09. The van der Waals surface area contributed by atoms with Crippen molar-refractivity contribution in [1.82, 2.24) is 0 Å². The maximum absolute atomic E-state index is 9.86. The van der Waals surface area contributed by atoms with Crippen LogP contribution in [0.1, 0.15) is 5.56 Å². The van der Waals surface area contributed by atoms with E-state index in [1.54, 1.807) is 18.3 Å². The molecule has 4 rings (SSSR count). The van der Waals surface area contributed by atoms with Crippen molar-refractivity contribution in [2.75, 3.05) is 4.90 Å². The number of nitrogens with zero attached hydrogens (tertiary/aromatic N) is 2. The molecule has 28 heavy (non-hydrogen) atoms. The summed E-state index contributed by atoms with van der Waals surface area (Å²) in [5.41, 5.74) is 4.77. The van der Waals surface area contributed by atoms with Gasteiger partial charge in [-0.3, -0.25) is 4.99 Å². The number of aromatic hydroxyl groups is 1. The number of para-hydroxylation sites is 3. The Morgan fingerprint density at radius 1 is 0.571 bits per heavy atom. The molecular weight excluding hydrogens is 344 g/mol. The SMILES string of the molecule is Oc1ccccc1C=Nc1ccc(N(c2ccccc2)c2ccccc2)cc1. The molecule has 0 aliphatic rings. The van der Waals surface area contributed by atoms with Crippen LogP contribution >= 0.6 is 0 Å². The third-order valence-electron chi connectivity index (χ3n) is 4.43. The summed E-state index contributed by atoms with van der Waals surface area (Å²) in [5.74, 6) is 0.224. The van der Waals surface area contributed by atoms with E-state index in [0.29, 0.717) is 5.56 Å². The standard InChI is InChI=1S/C25H20N2O/c28-25-14-8-7-9-20(25)19-26-21-15-17-24(18-16-21)27(22-10-3-1-4-11-22)23-12-5-2-6-13-23/h1-19,28H. The maximum atomic E-state index is 9.86. The van der Waals surface area contributed by atoms with Crippen LogP contribution in [0.5, 0.6) is 5.75 Å². The monoisotopic (exact) mass is 364 g/mol. The van der Waals surface area contributed by atoms with Crippen molar-refractivity contribution in [2.24, 2.45) is 4.99 Å². The summed E-state index contributed by atoms with van der Waals surface area (Å²) in [7, 11) is 0. The highest BCUT2D eigenvalue weighted by Crippen LogP contribution is 2.34. The highest BCUT2D eigenvalue weighted by Gasteiger charge is 2.11. The lowest BCUT2D eigenvalue weighted by atomic mass is 10.2. The molecule has 0 saturated carbocycles. The van der Waals surface area contributed by atoms with Crippen LogP contribution in [-0.4, -0.2) is 11.3 Å². The molecule has 0 radical (unpaired) electrons. The minimum Gasteiger partial charge on any atom is -0.507 e. The fraction of sp³-hybridized carbons (Fsp3) is 0. The van der Waals surface area contributed by atoms with Crippen molar-refractivity contribution in [3.8, 4) is 5.75 Å². The number of aliphatic imine (C=N–C) groups is 1. The molecule has 4 aromatic rings. The van der Waals surface area contributed by atoms with Gasteiger partial charge in [0.15, 0.2) is 0 Å². The summed E-state index contributed by atoms with van der Waals surface area (Å²) >= 11 is 0. The molecule has 0 fully saturated rings. The van der Waals surface area contributed by atoms with Crippen LogP contribution in [0.15, 0.2) is 114 Å². The highest BCUT2D eigenvalue weighted by atomic mass is 16.3. The Balaban J connectivity index is 1.64. The molecule has 0 aliphatic carbocycles. The van der Waals surface area contributed by atoms with Gasteiger partial charge < -0.3 is 10.0 Å². The molecule has 0 atom stereocenters. The second-order valence-electron chi connectivity index (χ2n) is 6.34. The van der Waals surface area contributed by atoms with Gasteiger partial charge in [0, 0.05) is 28.8 Å². The van der Waals surface area contributed by atoms with E-state index in [0.717, 1.165) is 22.7 Å². The van der Waals surface area contributed by atoms with E-state index in [1.165, 1.54) is 0 Å². The van der Waals surface area contributed by atoms with Gasteiger partial charge in [0.2, 0.25) is 0 Å². The van der Waals surface area contributed by atoms with Crippen molar-refractivity contribution < 1.29 is 5.11 Å². The Morgan fingerprint density at radius 2 is 1.07 bits per heavy atom. The molecule has 4 aromatic carbocycles. The number of rotatable bonds is 5. The van der Waals surface area contributed by atoms with Gasteiger partial charge in [-0.15, -0.1) is 0 Å². The van der Waals surface area contributed by atoms with E-state index in [-0.39, 0.29) is 5.75 Å². The molecule has 0 aromatic heterocycles. The molecule has 0 heterocycles. The summed E-state index contributed by atoms with van der Waals surface area (Å²) in [6.07, 6.45) is 1.68. The zero-order valence-corrected chi connectivity index (χ0v) is 15.3.